The van der Waals surface area contributed by atoms with Gasteiger partial charge in [0, 0.05) is 11.0 Å². The van der Waals surface area contributed by atoms with Crippen molar-refractivity contribution in [3.63, 3.8) is 0 Å². The van der Waals surface area contributed by atoms with Gasteiger partial charge in [-0.05, 0) is 34.1 Å². The Balaban J connectivity index is 2.61. The minimum atomic E-state index is -4.56. The molecule has 0 aliphatic rings. The molecule has 0 aromatic heterocycles. The van der Waals surface area contributed by atoms with Crippen LogP contribution in [0.5, 0.6) is 0 Å². The number of carbonyl (C=O) groups is 1. The number of amides is 1. The lowest BCUT2D eigenvalue weighted by molar-refractivity contribution is -0.137. The molecule has 118 valence electrons. The lowest BCUT2D eigenvalue weighted by atomic mass is 10.1. The molecule has 0 saturated heterocycles. The number of hydrogen-bond donors (Lipinski definition) is 1. The average Bonchev–Trinajstić information content (AvgIpc) is 2.36. The lowest BCUT2D eigenvalue weighted by Crippen LogP contribution is -2.28. The maximum atomic E-state index is 12.6. The Morgan fingerprint density at radius 3 is 2.57 bits per heavy atom. The molecule has 3 nitrogen and oxygen atoms in total. The zero-order chi connectivity index (χ0) is 16.0. The van der Waals surface area contributed by atoms with E-state index in [0.717, 1.165) is 12.1 Å². The first-order valence-electron chi connectivity index (χ1n) is 5.72. The zero-order valence-electron chi connectivity index (χ0n) is 10.5. The topological polar surface area (TPSA) is 38.3 Å². The molecule has 0 bridgehead atoms. The van der Waals surface area contributed by atoms with E-state index in [1.807, 2.05) is 0 Å². The van der Waals surface area contributed by atoms with Gasteiger partial charge in [0.2, 0.25) is 0 Å². The molecule has 0 aliphatic carbocycles. The average molecular weight is 376 g/mol. The Kier molecular flexibility index (Phi) is 6.53. The van der Waals surface area contributed by atoms with E-state index in [1.54, 1.807) is 0 Å². The van der Waals surface area contributed by atoms with Gasteiger partial charge < -0.3 is 10.1 Å². The van der Waals surface area contributed by atoms with Gasteiger partial charge in [-0.25, -0.2) is 8.78 Å². The van der Waals surface area contributed by atoms with Gasteiger partial charge in [0.1, 0.15) is 6.61 Å². The molecule has 21 heavy (non-hydrogen) atoms. The minimum Gasteiger partial charge on any atom is -0.374 e. The van der Waals surface area contributed by atoms with Gasteiger partial charge in [-0.3, -0.25) is 4.79 Å². The first-order valence-corrected chi connectivity index (χ1v) is 6.52. The second-order valence-electron chi connectivity index (χ2n) is 3.91. The van der Waals surface area contributed by atoms with E-state index in [-0.39, 0.29) is 23.2 Å². The molecule has 1 amide bonds. The first-order chi connectivity index (χ1) is 9.71. The largest absolute Gasteiger partial charge is 0.416 e. The van der Waals surface area contributed by atoms with Crippen LogP contribution in [0.15, 0.2) is 22.7 Å². The molecule has 0 aliphatic heterocycles. The molecule has 0 spiro atoms. The van der Waals surface area contributed by atoms with Crippen molar-refractivity contribution in [2.24, 2.45) is 0 Å². The summed E-state index contributed by atoms with van der Waals surface area (Å²) >= 11 is 2.98. The summed E-state index contributed by atoms with van der Waals surface area (Å²) in [5.41, 5.74) is -1.15. The van der Waals surface area contributed by atoms with Crippen LogP contribution in [-0.4, -0.2) is 32.1 Å². The van der Waals surface area contributed by atoms with E-state index in [1.165, 1.54) is 0 Å². The van der Waals surface area contributed by atoms with Gasteiger partial charge in [0.05, 0.1) is 17.7 Å². The fourth-order valence-electron chi connectivity index (χ4n) is 1.38. The van der Waals surface area contributed by atoms with Crippen LogP contribution in [-0.2, 0) is 10.9 Å². The van der Waals surface area contributed by atoms with Crippen molar-refractivity contribution in [1.29, 1.82) is 0 Å². The number of hydrogen-bond acceptors (Lipinski definition) is 2. The van der Waals surface area contributed by atoms with Crippen molar-refractivity contribution in [2.45, 2.75) is 12.6 Å². The predicted octanol–water partition coefficient (Wildman–Crippen LogP) is 3.48. The Morgan fingerprint density at radius 2 is 2.00 bits per heavy atom. The zero-order valence-corrected chi connectivity index (χ0v) is 12.1. The number of halogens is 6. The SMILES string of the molecule is O=C(NCCOCC(F)F)c1cc(C(F)(F)F)ccc1Br. The minimum absolute atomic E-state index is 0.0890. The van der Waals surface area contributed by atoms with Crippen LogP contribution in [0.25, 0.3) is 0 Å². The molecular weight excluding hydrogens is 365 g/mol. The van der Waals surface area contributed by atoms with E-state index >= 15 is 0 Å². The van der Waals surface area contributed by atoms with Crippen LogP contribution >= 0.6 is 15.9 Å². The Labute approximate surface area is 125 Å². The number of benzene rings is 1. The van der Waals surface area contributed by atoms with Crippen LogP contribution in [0.2, 0.25) is 0 Å². The van der Waals surface area contributed by atoms with E-state index in [9.17, 15) is 26.7 Å². The third-order valence-corrected chi connectivity index (χ3v) is 3.01. The number of carbonyl (C=O) groups excluding carboxylic acids is 1. The predicted molar refractivity (Wildman–Crippen MR) is 68.3 cm³/mol. The third-order valence-electron chi connectivity index (χ3n) is 2.31. The summed E-state index contributed by atoms with van der Waals surface area (Å²) in [6.45, 7) is -1.01. The standard InChI is InChI=1S/C12H11BrF5NO2/c13-9-2-1-7(12(16,17)18)5-8(9)11(20)19-3-4-21-6-10(14)15/h1-2,5,10H,3-4,6H2,(H,19,20). The van der Waals surface area contributed by atoms with Crippen molar-refractivity contribution >= 4 is 21.8 Å². The summed E-state index contributed by atoms with van der Waals surface area (Å²) in [5, 5.41) is 2.29. The summed E-state index contributed by atoms with van der Waals surface area (Å²) in [6, 6.07) is 2.66. The normalized spacial score (nSPS) is 11.8. The maximum Gasteiger partial charge on any atom is 0.416 e. The van der Waals surface area contributed by atoms with Crippen LogP contribution in [0.3, 0.4) is 0 Å². The molecule has 0 radical (unpaired) electrons. The van der Waals surface area contributed by atoms with Crippen LogP contribution in [0.1, 0.15) is 15.9 Å². The molecule has 0 saturated carbocycles. The molecule has 0 unspecified atom stereocenters. The summed E-state index contributed by atoms with van der Waals surface area (Å²) in [7, 11) is 0. The third kappa shape index (κ3) is 5.96. The number of nitrogens with one attached hydrogen (secondary N) is 1. The van der Waals surface area contributed by atoms with Crippen molar-refractivity contribution in [3.8, 4) is 0 Å². The molecule has 1 rings (SSSR count). The van der Waals surface area contributed by atoms with E-state index in [4.69, 9.17) is 0 Å². The Bertz CT molecular complexity index is 493. The number of alkyl halides is 5. The fraction of sp³-hybridized carbons (Fsp3) is 0.417. The van der Waals surface area contributed by atoms with Crippen molar-refractivity contribution in [2.75, 3.05) is 19.8 Å². The van der Waals surface area contributed by atoms with Crippen molar-refractivity contribution in [3.05, 3.63) is 33.8 Å². The number of rotatable bonds is 6. The Hall–Kier alpha value is -1.22. The molecular formula is C12H11BrF5NO2. The monoisotopic (exact) mass is 375 g/mol. The summed E-state index contributed by atoms with van der Waals surface area (Å²) < 4.78 is 65.9. The van der Waals surface area contributed by atoms with E-state index in [2.05, 4.69) is 26.0 Å². The highest BCUT2D eigenvalue weighted by Crippen LogP contribution is 2.31. The molecule has 1 aromatic rings. The second-order valence-corrected chi connectivity index (χ2v) is 4.77. The smallest absolute Gasteiger partial charge is 0.374 e. The van der Waals surface area contributed by atoms with Gasteiger partial charge in [-0.1, -0.05) is 0 Å². The van der Waals surface area contributed by atoms with Crippen LogP contribution < -0.4 is 5.32 Å². The molecule has 0 heterocycles. The fourth-order valence-corrected chi connectivity index (χ4v) is 1.81. The van der Waals surface area contributed by atoms with Crippen molar-refractivity contribution < 1.29 is 31.5 Å². The first kappa shape index (κ1) is 17.8. The van der Waals surface area contributed by atoms with Gasteiger partial charge in [0.15, 0.2) is 0 Å². The summed E-state index contributed by atoms with van der Waals surface area (Å²) in [6.07, 6.45) is -7.17. The summed E-state index contributed by atoms with van der Waals surface area (Å²) in [4.78, 5) is 11.7. The molecule has 1 N–H and O–H groups in total. The highest BCUT2D eigenvalue weighted by molar-refractivity contribution is 9.10. The lowest BCUT2D eigenvalue weighted by Gasteiger charge is -2.11. The van der Waals surface area contributed by atoms with Gasteiger partial charge in [-0.15, -0.1) is 0 Å². The quantitative estimate of drug-likeness (QED) is 0.610. The second kappa shape index (κ2) is 7.69. The van der Waals surface area contributed by atoms with Gasteiger partial charge in [0.25, 0.3) is 12.3 Å². The highest BCUT2D eigenvalue weighted by atomic mass is 79.9. The van der Waals surface area contributed by atoms with E-state index < -0.39 is 30.7 Å². The molecule has 1 aromatic carbocycles. The highest BCUT2D eigenvalue weighted by Gasteiger charge is 2.31. The maximum absolute atomic E-state index is 12.6. The van der Waals surface area contributed by atoms with Gasteiger partial charge in [-0.2, -0.15) is 13.2 Å². The molecule has 9 heteroatoms. The van der Waals surface area contributed by atoms with Crippen LogP contribution in [0.4, 0.5) is 22.0 Å². The van der Waals surface area contributed by atoms with E-state index in [0.29, 0.717) is 6.07 Å². The van der Waals surface area contributed by atoms with Crippen molar-refractivity contribution in [1.82, 2.24) is 5.32 Å². The van der Waals surface area contributed by atoms with Crippen LogP contribution in [0, 0.1) is 0 Å². The number of ether oxygens (including phenoxy) is 1. The summed E-state index contributed by atoms with van der Waals surface area (Å²) in [5.74, 6) is -0.756. The van der Waals surface area contributed by atoms with Gasteiger partial charge >= 0.3 is 6.18 Å². The molecule has 0 fully saturated rings. The molecule has 0 atom stereocenters. The Morgan fingerprint density at radius 1 is 1.33 bits per heavy atom.